The SMILES string of the molecule is C=CCN(C(=O)C1CCN(C(=O)/C=C\c2ccccc2)CC1)c1nc(-c2ccccc2)cs1. The molecule has 4 rings (SSSR count). The average molecular weight is 458 g/mol. The van der Waals surface area contributed by atoms with Gasteiger partial charge >= 0.3 is 0 Å². The van der Waals surface area contributed by atoms with Crippen LogP contribution in [0.25, 0.3) is 17.3 Å². The van der Waals surface area contributed by atoms with Crippen LogP contribution in [0.5, 0.6) is 0 Å². The van der Waals surface area contributed by atoms with Crippen LogP contribution in [-0.2, 0) is 9.59 Å². The van der Waals surface area contributed by atoms with Gasteiger partial charge in [0.15, 0.2) is 5.13 Å². The molecular formula is C27H27N3O2S. The van der Waals surface area contributed by atoms with Gasteiger partial charge in [-0.2, -0.15) is 0 Å². The Morgan fingerprint density at radius 3 is 2.39 bits per heavy atom. The Kier molecular flexibility index (Phi) is 7.47. The first-order chi connectivity index (χ1) is 16.2. The van der Waals surface area contributed by atoms with Gasteiger partial charge in [0.05, 0.1) is 5.69 Å². The highest BCUT2D eigenvalue weighted by molar-refractivity contribution is 7.14. The standard InChI is InChI=1S/C27H27N3O2S/c1-2-17-30(27-28-24(20-33-27)22-11-7-4-8-12-22)26(32)23-15-18-29(19-16-23)25(31)14-13-21-9-5-3-6-10-21/h2-14,20,23H,1,15-19H2/b14-13-. The van der Waals surface area contributed by atoms with E-state index in [1.807, 2.05) is 77.0 Å². The lowest BCUT2D eigenvalue weighted by Gasteiger charge is -2.33. The number of aromatic nitrogens is 1. The molecular weight excluding hydrogens is 430 g/mol. The van der Waals surface area contributed by atoms with E-state index in [4.69, 9.17) is 4.98 Å². The summed E-state index contributed by atoms with van der Waals surface area (Å²) in [6.45, 7) is 5.38. The molecule has 2 heterocycles. The number of carbonyl (C=O) groups is 2. The molecule has 2 aromatic carbocycles. The highest BCUT2D eigenvalue weighted by Crippen LogP contribution is 2.30. The third-order valence-electron chi connectivity index (χ3n) is 5.74. The maximum atomic E-state index is 13.3. The van der Waals surface area contributed by atoms with Crippen molar-refractivity contribution in [3.8, 4) is 11.3 Å². The zero-order valence-corrected chi connectivity index (χ0v) is 19.3. The minimum atomic E-state index is -0.129. The first kappa shape index (κ1) is 22.7. The fourth-order valence-corrected chi connectivity index (χ4v) is 4.77. The predicted molar refractivity (Wildman–Crippen MR) is 135 cm³/mol. The third-order valence-corrected chi connectivity index (χ3v) is 6.61. The molecule has 6 heteroatoms. The van der Waals surface area contributed by atoms with Crippen molar-refractivity contribution in [2.24, 2.45) is 5.92 Å². The van der Waals surface area contributed by atoms with Crippen molar-refractivity contribution in [3.05, 3.63) is 90.3 Å². The lowest BCUT2D eigenvalue weighted by molar-refractivity contribution is -0.130. The van der Waals surface area contributed by atoms with E-state index < -0.39 is 0 Å². The first-order valence-electron chi connectivity index (χ1n) is 11.1. The number of thiazole rings is 1. The lowest BCUT2D eigenvalue weighted by Crippen LogP contribution is -2.44. The maximum absolute atomic E-state index is 13.3. The van der Waals surface area contributed by atoms with Crippen LogP contribution in [0.3, 0.4) is 0 Å². The van der Waals surface area contributed by atoms with Gasteiger partial charge in [0.2, 0.25) is 11.8 Å². The first-order valence-corrected chi connectivity index (χ1v) is 12.0. The molecule has 0 spiro atoms. The van der Waals surface area contributed by atoms with Crippen LogP contribution in [0, 0.1) is 5.92 Å². The van der Waals surface area contributed by atoms with E-state index in [1.54, 1.807) is 17.1 Å². The maximum Gasteiger partial charge on any atom is 0.246 e. The van der Waals surface area contributed by atoms with E-state index in [-0.39, 0.29) is 17.7 Å². The number of nitrogens with zero attached hydrogens (tertiary/aromatic N) is 3. The van der Waals surface area contributed by atoms with E-state index in [9.17, 15) is 9.59 Å². The van der Waals surface area contributed by atoms with Gasteiger partial charge in [-0.25, -0.2) is 4.98 Å². The molecule has 3 aromatic rings. The highest BCUT2D eigenvalue weighted by Gasteiger charge is 2.31. The number of hydrogen-bond donors (Lipinski definition) is 0. The van der Waals surface area contributed by atoms with Crippen LogP contribution in [0.15, 0.2) is 84.8 Å². The van der Waals surface area contributed by atoms with Crippen LogP contribution >= 0.6 is 11.3 Å². The predicted octanol–water partition coefficient (Wildman–Crippen LogP) is 5.28. The van der Waals surface area contributed by atoms with Crippen molar-refractivity contribution in [2.75, 3.05) is 24.5 Å². The van der Waals surface area contributed by atoms with E-state index >= 15 is 0 Å². The summed E-state index contributed by atoms with van der Waals surface area (Å²) in [6, 6.07) is 19.7. The Hall–Kier alpha value is -3.51. The molecule has 168 valence electrons. The molecule has 1 saturated heterocycles. The molecule has 0 N–H and O–H groups in total. The summed E-state index contributed by atoms with van der Waals surface area (Å²) in [5, 5.41) is 2.66. The van der Waals surface area contributed by atoms with Crippen LogP contribution in [-0.4, -0.2) is 41.3 Å². The fourth-order valence-electron chi connectivity index (χ4n) is 3.93. The Morgan fingerprint density at radius 1 is 1.06 bits per heavy atom. The number of benzene rings is 2. The molecule has 1 fully saturated rings. The molecule has 0 aliphatic carbocycles. The molecule has 33 heavy (non-hydrogen) atoms. The molecule has 0 saturated carbocycles. The van der Waals surface area contributed by atoms with E-state index in [2.05, 4.69) is 6.58 Å². The van der Waals surface area contributed by atoms with Gasteiger partial charge in [0.25, 0.3) is 0 Å². The number of hydrogen-bond acceptors (Lipinski definition) is 4. The second kappa shape index (κ2) is 10.9. The van der Waals surface area contributed by atoms with Crippen molar-refractivity contribution < 1.29 is 9.59 Å². The fraction of sp³-hybridized carbons (Fsp3) is 0.222. The second-order valence-electron chi connectivity index (χ2n) is 7.96. The van der Waals surface area contributed by atoms with Crippen LogP contribution in [0.2, 0.25) is 0 Å². The summed E-state index contributed by atoms with van der Waals surface area (Å²) in [7, 11) is 0. The van der Waals surface area contributed by atoms with Crippen molar-refractivity contribution in [2.45, 2.75) is 12.8 Å². The lowest BCUT2D eigenvalue weighted by atomic mass is 9.95. The number of amides is 2. The molecule has 1 aliphatic rings. The Balaban J connectivity index is 1.38. The second-order valence-corrected chi connectivity index (χ2v) is 8.80. The zero-order chi connectivity index (χ0) is 23.0. The van der Waals surface area contributed by atoms with Crippen LogP contribution in [0.1, 0.15) is 18.4 Å². The Labute approximate surface area is 198 Å². The minimum absolute atomic E-state index is 0.0138. The summed E-state index contributed by atoms with van der Waals surface area (Å²) in [4.78, 5) is 34.2. The molecule has 0 unspecified atom stereocenters. The van der Waals surface area contributed by atoms with Crippen LogP contribution < -0.4 is 4.90 Å². The van der Waals surface area contributed by atoms with Gasteiger partial charge in [-0.1, -0.05) is 66.7 Å². The molecule has 1 aliphatic heterocycles. The summed E-state index contributed by atoms with van der Waals surface area (Å²) >= 11 is 1.47. The third kappa shape index (κ3) is 5.65. The van der Waals surface area contributed by atoms with E-state index in [0.717, 1.165) is 16.8 Å². The van der Waals surface area contributed by atoms with Gasteiger partial charge < -0.3 is 4.90 Å². The van der Waals surface area contributed by atoms with Crippen molar-refractivity contribution in [1.82, 2.24) is 9.88 Å². The molecule has 5 nitrogen and oxygen atoms in total. The summed E-state index contributed by atoms with van der Waals surface area (Å²) in [5.41, 5.74) is 2.89. The Bertz CT molecular complexity index is 1120. The number of anilines is 1. The molecule has 2 amide bonds. The number of likely N-dealkylation sites (tertiary alicyclic amines) is 1. The van der Waals surface area contributed by atoms with Gasteiger partial charge in [0, 0.05) is 42.6 Å². The number of piperidine rings is 1. The highest BCUT2D eigenvalue weighted by atomic mass is 32.1. The summed E-state index contributed by atoms with van der Waals surface area (Å²) in [5.74, 6) is -0.0907. The average Bonchev–Trinajstić information content (AvgIpc) is 3.37. The monoisotopic (exact) mass is 457 g/mol. The Morgan fingerprint density at radius 2 is 1.73 bits per heavy atom. The summed E-state index contributed by atoms with van der Waals surface area (Å²) < 4.78 is 0. The molecule has 0 radical (unpaired) electrons. The van der Waals surface area contributed by atoms with Crippen molar-refractivity contribution >= 4 is 34.4 Å². The normalized spacial score (nSPS) is 14.4. The topological polar surface area (TPSA) is 53.5 Å². The molecule has 1 aromatic heterocycles. The van der Waals surface area contributed by atoms with Crippen LogP contribution in [0.4, 0.5) is 5.13 Å². The zero-order valence-electron chi connectivity index (χ0n) is 18.5. The molecule has 0 bridgehead atoms. The van der Waals surface area contributed by atoms with E-state index in [1.165, 1.54) is 11.3 Å². The number of carbonyl (C=O) groups excluding carboxylic acids is 2. The minimum Gasteiger partial charge on any atom is -0.339 e. The number of rotatable bonds is 7. The van der Waals surface area contributed by atoms with Gasteiger partial charge in [-0.15, -0.1) is 17.9 Å². The van der Waals surface area contributed by atoms with Gasteiger partial charge in [0.1, 0.15) is 0 Å². The van der Waals surface area contributed by atoms with Crippen molar-refractivity contribution in [1.29, 1.82) is 0 Å². The van der Waals surface area contributed by atoms with E-state index in [0.29, 0.717) is 37.6 Å². The molecule has 0 atom stereocenters. The largest absolute Gasteiger partial charge is 0.339 e. The summed E-state index contributed by atoms with van der Waals surface area (Å²) in [6.07, 6.45) is 6.47. The van der Waals surface area contributed by atoms with Gasteiger partial charge in [-0.3, -0.25) is 14.5 Å². The smallest absolute Gasteiger partial charge is 0.246 e. The quantitative estimate of drug-likeness (QED) is 0.358. The van der Waals surface area contributed by atoms with Gasteiger partial charge in [-0.05, 0) is 24.5 Å². The van der Waals surface area contributed by atoms with Crippen molar-refractivity contribution in [3.63, 3.8) is 0 Å².